The van der Waals surface area contributed by atoms with Gasteiger partial charge in [0.25, 0.3) is 5.91 Å². The molecule has 2 aromatic rings. The highest BCUT2D eigenvalue weighted by Crippen LogP contribution is 2.21. The molecule has 0 atom stereocenters. The SMILES string of the molecule is Cc1ccc(C)c(OCC(=O)N/N=C2/CCCc3ccccc32)c1. The molecule has 4 heteroatoms. The lowest BCUT2D eigenvalue weighted by atomic mass is 9.90. The molecule has 1 N–H and O–H groups in total. The molecule has 0 saturated carbocycles. The van der Waals surface area contributed by atoms with E-state index in [1.54, 1.807) is 0 Å². The summed E-state index contributed by atoms with van der Waals surface area (Å²) in [5, 5.41) is 4.31. The predicted molar refractivity (Wildman–Crippen MR) is 95.5 cm³/mol. The Morgan fingerprint density at radius 3 is 2.88 bits per heavy atom. The van der Waals surface area contributed by atoms with Crippen molar-refractivity contribution < 1.29 is 9.53 Å². The third kappa shape index (κ3) is 3.82. The smallest absolute Gasteiger partial charge is 0.277 e. The summed E-state index contributed by atoms with van der Waals surface area (Å²) >= 11 is 0. The summed E-state index contributed by atoms with van der Waals surface area (Å²) in [6.07, 6.45) is 3.01. The fraction of sp³-hybridized carbons (Fsp3) is 0.300. The van der Waals surface area contributed by atoms with Gasteiger partial charge in [0.05, 0.1) is 5.71 Å². The van der Waals surface area contributed by atoms with Crippen LogP contribution in [0.5, 0.6) is 5.75 Å². The van der Waals surface area contributed by atoms with E-state index in [2.05, 4.69) is 22.7 Å². The molecule has 0 radical (unpaired) electrons. The minimum absolute atomic E-state index is 0.0390. The Morgan fingerprint density at radius 1 is 1.17 bits per heavy atom. The van der Waals surface area contributed by atoms with Gasteiger partial charge in [-0.25, -0.2) is 5.43 Å². The van der Waals surface area contributed by atoms with Crippen molar-refractivity contribution in [1.82, 2.24) is 5.43 Å². The zero-order chi connectivity index (χ0) is 16.9. The highest BCUT2D eigenvalue weighted by molar-refractivity contribution is 6.03. The van der Waals surface area contributed by atoms with E-state index < -0.39 is 0 Å². The normalized spacial score (nSPS) is 15.0. The third-order valence-corrected chi connectivity index (χ3v) is 4.21. The molecular formula is C20H22N2O2. The number of fused-ring (bicyclic) bond motifs is 1. The largest absolute Gasteiger partial charge is 0.483 e. The van der Waals surface area contributed by atoms with Gasteiger partial charge in [0.2, 0.25) is 0 Å². The van der Waals surface area contributed by atoms with Gasteiger partial charge in [-0.1, -0.05) is 36.4 Å². The first kappa shape index (κ1) is 16.2. The van der Waals surface area contributed by atoms with Gasteiger partial charge in [0.15, 0.2) is 6.61 Å². The van der Waals surface area contributed by atoms with E-state index in [1.165, 1.54) is 5.56 Å². The molecule has 0 bridgehead atoms. The zero-order valence-corrected chi connectivity index (χ0v) is 14.1. The van der Waals surface area contributed by atoms with Gasteiger partial charge in [-0.2, -0.15) is 5.10 Å². The van der Waals surface area contributed by atoms with Crippen LogP contribution in [0.1, 0.15) is 35.1 Å². The van der Waals surface area contributed by atoms with Crippen LogP contribution in [0.4, 0.5) is 0 Å². The van der Waals surface area contributed by atoms with Crippen LogP contribution in [-0.4, -0.2) is 18.2 Å². The lowest BCUT2D eigenvalue weighted by Crippen LogP contribution is -2.27. The van der Waals surface area contributed by atoms with Gasteiger partial charge in [0, 0.05) is 5.56 Å². The minimum Gasteiger partial charge on any atom is -0.483 e. The van der Waals surface area contributed by atoms with Gasteiger partial charge in [-0.3, -0.25) is 4.79 Å². The maximum atomic E-state index is 12.0. The first-order valence-corrected chi connectivity index (χ1v) is 8.27. The van der Waals surface area contributed by atoms with E-state index in [9.17, 15) is 4.79 Å². The summed E-state index contributed by atoms with van der Waals surface area (Å²) in [4.78, 5) is 12.0. The Kier molecular flexibility index (Phi) is 4.94. The number of amides is 1. The molecule has 0 fully saturated rings. The van der Waals surface area contributed by atoms with E-state index in [1.807, 2.05) is 44.2 Å². The van der Waals surface area contributed by atoms with Crippen LogP contribution in [0, 0.1) is 13.8 Å². The van der Waals surface area contributed by atoms with E-state index in [-0.39, 0.29) is 12.5 Å². The summed E-state index contributed by atoms with van der Waals surface area (Å²) in [6, 6.07) is 14.2. The van der Waals surface area contributed by atoms with Gasteiger partial charge < -0.3 is 4.74 Å². The fourth-order valence-corrected chi connectivity index (χ4v) is 2.89. The van der Waals surface area contributed by atoms with E-state index in [4.69, 9.17) is 4.74 Å². The quantitative estimate of drug-likeness (QED) is 0.875. The van der Waals surface area contributed by atoms with Crippen molar-refractivity contribution in [3.8, 4) is 5.75 Å². The molecule has 0 unspecified atom stereocenters. The number of nitrogens with one attached hydrogen (secondary N) is 1. The molecule has 1 aliphatic carbocycles. The molecular weight excluding hydrogens is 300 g/mol. The predicted octanol–water partition coefficient (Wildman–Crippen LogP) is 3.54. The average Bonchev–Trinajstić information content (AvgIpc) is 2.60. The monoisotopic (exact) mass is 322 g/mol. The number of hydrogen-bond donors (Lipinski definition) is 1. The standard InChI is InChI=1S/C20H22N2O2/c1-14-10-11-15(2)19(12-14)24-13-20(23)22-21-18-9-5-7-16-6-3-4-8-17(16)18/h3-4,6,8,10-12H,5,7,9,13H2,1-2H3,(H,22,23)/b21-18-. The summed E-state index contributed by atoms with van der Waals surface area (Å²) in [7, 11) is 0. The first-order valence-electron chi connectivity index (χ1n) is 8.27. The van der Waals surface area contributed by atoms with Crippen molar-refractivity contribution in [2.45, 2.75) is 33.1 Å². The molecule has 1 aliphatic rings. The van der Waals surface area contributed by atoms with Crippen molar-refractivity contribution in [3.05, 3.63) is 64.7 Å². The van der Waals surface area contributed by atoms with Crippen LogP contribution < -0.4 is 10.2 Å². The molecule has 1 amide bonds. The number of benzene rings is 2. The van der Waals surface area contributed by atoms with E-state index >= 15 is 0 Å². The van der Waals surface area contributed by atoms with Crippen LogP contribution >= 0.6 is 0 Å². The van der Waals surface area contributed by atoms with Crippen molar-refractivity contribution in [2.75, 3.05) is 6.61 Å². The summed E-state index contributed by atoms with van der Waals surface area (Å²) in [5.41, 5.74) is 8.12. The second-order valence-electron chi connectivity index (χ2n) is 6.16. The van der Waals surface area contributed by atoms with Crippen LogP contribution in [0.2, 0.25) is 0 Å². The molecule has 0 aromatic heterocycles. The molecule has 0 spiro atoms. The Balaban J connectivity index is 1.61. The fourth-order valence-electron chi connectivity index (χ4n) is 2.89. The molecule has 24 heavy (non-hydrogen) atoms. The second-order valence-corrected chi connectivity index (χ2v) is 6.16. The zero-order valence-electron chi connectivity index (χ0n) is 14.1. The molecule has 4 nitrogen and oxygen atoms in total. The Hall–Kier alpha value is -2.62. The highest BCUT2D eigenvalue weighted by atomic mass is 16.5. The van der Waals surface area contributed by atoms with Crippen molar-refractivity contribution in [3.63, 3.8) is 0 Å². The maximum Gasteiger partial charge on any atom is 0.277 e. The van der Waals surface area contributed by atoms with Gasteiger partial charge in [0.1, 0.15) is 5.75 Å². The first-order chi connectivity index (χ1) is 11.6. The summed E-state index contributed by atoms with van der Waals surface area (Å²) in [6.45, 7) is 3.92. The van der Waals surface area contributed by atoms with Gasteiger partial charge in [-0.05, 0) is 55.9 Å². The lowest BCUT2D eigenvalue weighted by molar-refractivity contribution is -0.123. The lowest BCUT2D eigenvalue weighted by Gasteiger charge is -2.17. The van der Waals surface area contributed by atoms with Crippen molar-refractivity contribution in [2.24, 2.45) is 5.10 Å². The molecule has 0 saturated heterocycles. The Labute approximate surface area is 142 Å². The highest BCUT2D eigenvalue weighted by Gasteiger charge is 2.15. The summed E-state index contributed by atoms with van der Waals surface area (Å²) in [5.74, 6) is 0.493. The van der Waals surface area contributed by atoms with Gasteiger partial charge in [-0.15, -0.1) is 0 Å². The molecule has 2 aromatic carbocycles. The Morgan fingerprint density at radius 2 is 2.00 bits per heavy atom. The average molecular weight is 322 g/mol. The number of hydrogen-bond acceptors (Lipinski definition) is 3. The summed E-state index contributed by atoms with van der Waals surface area (Å²) < 4.78 is 5.61. The number of rotatable bonds is 4. The topological polar surface area (TPSA) is 50.7 Å². The number of hydrazone groups is 1. The van der Waals surface area contributed by atoms with Crippen LogP contribution in [-0.2, 0) is 11.2 Å². The van der Waals surface area contributed by atoms with Gasteiger partial charge >= 0.3 is 0 Å². The van der Waals surface area contributed by atoms with Crippen molar-refractivity contribution >= 4 is 11.6 Å². The van der Waals surface area contributed by atoms with E-state index in [0.717, 1.165) is 47.4 Å². The van der Waals surface area contributed by atoms with Crippen LogP contribution in [0.3, 0.4) is 0 Å². The molecule has 0 aliphatic heterocycles. The molecule has 124 valence electrons. The maximum absolute atomic E-state index is 12.0. The Bertz CT molecular complexity index is 781. The molecule has 0 heterocycles. The number of carbonyl (C=O) groups is 1. The number of ether oxygens (including phenoxy) is 1. The minimum atomic E-state index is -0.244. The number of nitrogens with zero attached hydrogens (tertiary/aromatic N) is 1. The third-order valence-electron chi connectivity index (χ3n) is 4.21. The second kappa shape index (κ2) is 7.30. The van der Waals surface area contributed by atoms with Crippen LogP contribution in [0.15, 0.2) is 47.6 Å². The van der Waals surface area contributed by atoms with Crippen LogP contribution in [0.25, 0.3) is 0 Å². The molecule has 3 rings (SSSR count). The number of aryl methyl sites for hydroxylation is 3. The van der Waals surface area contributed by atoms with Crippen molar-refractivity contribution in [1.29, 1.82) is 0 Å². The number of carbonyl (C=O) groups excluding carboxylic acids is 1. The van der Waals surface area contributed by atoms with E-state index in [0.29, 0.717) is 0 Å².